The monoisotopic (exact) mass is 169 g/mol. The fraction of sp³-hybridized carbons (Fsp3) is 0.429. The van der Waals surface area contributed by atoms with Crippen LogP contribution in [0.4, 0.5) is 0 Å². The summed E-state index contributed by atoms with van der Waals surface area (Å²) < 4.78 is 1.72. The van der Waals surface area contributed by atoms with Gasteiger partial charge >= 0.3 is 5.97 Å². The van der Waals surface area contributed by atoms with Crippen molar-refractivity contribution in [2.75, 3.05) is 0 Å². The predicted molar refractivity (Wildman–Crippen MR) is 42.4 cm³/mol. The van der Waals surface area contributed by atoms with Crippen molar-refractivity contribution < 1.29 is 9.90 Å². The number of carboxylic acid groups (broad SMARTS) is 1. The Kier molecular flexibility index (Phi) is 2.44. The van der Waals surface area contributed by atoms with E-state index in [0.29, 0.717) is 0 Å². The maximum absolute atomic E-state index is 10.3. The summed E-state index contributed by atoms with van der Waals surface area (Å²) in [5.74, 6) is -0.899. The van der Waals surface area contributed by atoms with E-state index >= 15 is 0 Å². The Bertz CT molecular complexity index is 282. The largest absolute Gasteiger partial charge is 0.481 e. The van der Waals surface area contributed by atoms with Gasteiger partial charge in [-0.15, -0.1) is 0 Å². The number of nitrogens with two attached hydrogens (primary N) is 1. The van der Waals surface area contributed by atoms with E-state index in [0.717, 1.165) is 5.69 Å². The average molecular weight is 169 g/mol. The molecule has 3 N–H and O–H groups in total. The lowest BCUT2D eigenvalue weighted by atomic mass is 10.2. The van der Waals surface area contributed by atoms with E-state index in [9.17, 15) is 4.79 Å². The summed E-state index contributed by atoms with van der Waals surface area (Å²) in [6, 6.07) is -0.477. The van der Waals surface area contributed by atoms with Gasteiger partial charge in [0.15, 0.2) is 0 Å². The number of aryl methyl sites for hydroxylation is 1. The standard InChI is InChI=1S/C7H11N3O2/c1-10-4-9-3-6(10)5(8)2-7(11)12/h3-5H,2,8H2,1H3,(H,11,12)/t5-/m0/s1. The van der Waals surface area contributed by atoms with Gasteiger partial charge in [-0.1, -0.05) is 0 Å². The Morgan fingerprint density at radius 3 is 3.00 bits per heavy atom. The lowest BCUT2D eigenvalue weighted by Gasteiger charge is -2.08. The molecule has 0 saturated carbocycles. The van der Waals surface area contributed by atoms with Crippen LogP contribution in [-0.4, -0.2) is 20.6 Å². The molecule has 0 aromatic carbocycles. The lowest BCUT2D eigenvalue weighted by molar-refractivity contribution is -0.137. The quantitative estimate of drug-likeness (QED) is 0.661. The van der Waals surface area contributed by atoms with Crippen LogP contribution in [0.5, 0.6) is 0 Å². The molecule has 1 aromatic rings. The van der Waals surface area contributed by atoms with Crippen molar-refractivity contribution in [1.29, 1.82) is 0 Å². The van der Waals surface area contributed by atoms with Crippen molar-refractivity contribution in [2.45, 2.75) is 12.5 Å². The highest BCUT2D eigenvalue weighted by Crippen LogP contribution is 2.11. The normalized spacial score (nSPS) is 12.8. The fourth-order valence-corrected chi connectivity index (χ4v) is 1.02. The van der Waals surface area contributed by atoms with E-state index in [1.807, 2.05) is 0 Å². The topological polar surface area (TPSA) is 81.1 Å². The first-order valence-electron chi connectivity index (χ1n) is 3.55. The first-order chi connectivity index (χ1) is 5.61. The predicted octanol–water partition coefficient (Wildman–Crippen LogP) is -0.105. The number of aromatic nitrogens is 2. The van der Waals surface area contributed by atoms with Crippen LogP contribution in [0.25, 0.3) is 0 Å². The molecule has 1 aromatic heterocycles. The zero-order valence-corrected chi connectivity index (χ0v) is 6.77. The van der Waals surface area contributed by atoms with Gasteiger partial charge in [0.1, 0.15) is 0 Å². The third-order valence-corrected chi connectivity index (χ3v) is 1.63. The van der Waals surface area contributed by atoms with Crippen molar-refractivity contribution in [2.24, 2.45) is 12.8 Å². The van der Waals surface area contributed by atoms with Crippen molar-refractivity contribution in [3.63, 3.8) is 0 Å². The first-order valence-corrected chi connectivity index (χ1v) is 3.55. The van der Waals surface area contributed by atoms with Gasteiger partial charge in [-0.25, -0.2) is 4.98 Å². The molecule has 1 atom stereocenters. The Morgan fingerprint density at radius 1 is 1.92 bits per heavy atom. The number of aliphatic carboxylic acids is 1. The number of imidazole rings is 1. The molecule has 0 aliphatic carbocycles. The molecular formula is C7H11N3O2. The van der Waals surface area contributed by atoms with Crippen molar-refractivity contribution in [1.82, 2.24) is 9.55 Å². The average Bonchev–Trinajstić information content (AvgIpc) is 2.33. The summed E-state index contributed by atoms with van der Waals surface area (Å²) in [7, 11) is 1.78. The van der Waals surface area contributed by atoms with Crippen molar-refractivity contribution in [3.05, 3.63) is 18.2 Å². The molecule has 12 heavy (non-hydrogen) atoms. The van der Waals surface area contributed by atoms with Crippen molar-refractivity contribution in [3.8, 4) is 0 Å². The van der Waals surface area contributed by atoms with E-state index in [4.69, 9.17) is 10.8 Å². The second-order valence-corrected chi connectivity index (χ2v) is 2.63. The molecule has 0 saturated heterocycles. The number of hydrogen-bond donors (Lipinski definition) is 2. The van der Waals surface area contributed by atoms with Gasteiger partial charge in [-0.05, 0) is 0 Å². The number of rotatable bonds is 3. The van der Waals surface area contributed by atoms with Crippen LogP contribution < -0.4 is 5.73 Å². The Morgan fingerprint density at radius 2 is 2.58 bits per heavy atom. The van der Waals surface area contributed by atoms with Crippen LogP contribution in [0, 0.1) is 0 Å². The highest BCUT2D eigenvalue weighted by molar-refractivity contribution is 5.67. The molecule has 66 valence electrons. The van der Waals surface area contributed by atoms with Gasteiger partial charge < -0.3 is 15.4 Å². The third kappa shape index (κ3) is 1.82. The van der Waals surface area contributed by atoms with Gasteiger partial charge in [0, 0.05) is 13.2 Å². The summed E-state index contributed by atoms with van der Waals surface area (Å²) in [5.41, 5.74) is 6.33. The van der Waals surface area contributed by atoms with Crippen molar-refractivity contribution >= 4 is 5.97 Å². The maximum Gasteiger partial charge on any atom is 0.305 e. The smallest absolute Gasteiger partial charge is 0.305 e. The summed E-state index contributed by atoms with van der Waals surface area (Å²) in [4.78, 5) is 14.1. The highest BCUT2D eigenvalue weighted by Gasteiger charge is 2.12. The van der Waals surface area contributed by atoms with E-state index in [-0.39, 0.29) is 6.42 Å². The van der Waals surface area contributed by atoms with Gasteiger partial charge in [0.25, 0.3) is 0 Å². The summed E-state index contributed by atoms with van der Waals surface area (Å²) in [5, 5.41) is 8.46. The number of hydrogen-bond acceptors (Lipinski definition) is 3. The molecule has 0 fully saturated rings. The number of nitrogens with zero attached hydrogens (tertiary/aromatic N) is 2. The molecule has 0 amide bonds. The molecule has 0 aliphatic heterocycles. The van der Waals surface area contributed by atoms with Crippen LogP contribution in [0.15, 0.2) is 12.5 Å². The Labute approximate surface area is 69.8 Å². The third-order valence-electron chi connectivity index (χ3n) is 1.63. The first kappa shape index (κ1) is 8.73. The van der Waals surface area contributed by atoms with E-state index in [1.165, 1.54) is 0 Å². The molecule has 0 bridgehead atoms. The molecule has 0 radical (unpaired) electrons. The summed E-state index contributed by atoms with van der Waals surface area (Å²) in [6.07, 6.45) is 3.10. The Hall–Kier alpha value is -1.36. The molecule has 0 aliphatic rings. The minimum Gasteiger partial charge on any atom is -0.481 e. The molecule has 0 unspecified atom stereocenters. The molecule has 0 spiro atoms. The van der Waals surface area contributed by atoms with Crippen LogP contribution in [-0.2, 0) is 11.8 Å². The van der Waals surface area contributed by atoms with Gasteiger partial charge in [-0.2, -0.15) is 0 Å². The molecule has 5 heteroatoms. The SMILES string of the molecule is Cn1cncc1[C@@H](N)CC(=O)O. The molecular weight excluding hydrogens is 158 g/mol. The molecule has 5 nitrogen and oxygen atoms in total. The summed E-state index contributed by atoms with van der Waals surface area (Å²) >= 11 is 0. The van der Waals surface area contributed by atoms with Crippen LogP contribution >= 0.6 is 0 Å². The van der Waals surface area contributed by atoms with E-state index in [2.05, 4.69) is 4.98 Å². The lowest BCUT2D eigenvalue weighted by Crippen LogP contribution is -2.17. The van der Waals surface area contributed by atoms with E-state index < -0.39 is 12.0 Å². The zero-order valence-electron chi connectivity index (χ0n) is 6.77. The number of carbonyl (C=O) groups is 1. The Balaban J connectivity index is 2.71. The highest BCUT2D eigenvalue weighted by atomic mass is 16.4. The zero-order chi connectivity index (χ0) is 9.14. The van der Waals surface area contributed by atoms with Crippen LogP contribution in [0.1, 0.15) is 18.2 Å². The minimum atomic E-state index is -0.899. The molecule has 1 rings (SSSR count). The summed E-state index contributed by atoms with van der Waals surface area (Å²) in [6.45, 7) is 0. The molecule has 1 heterocycles. The van der Waals surface area contributed by atoms with Crippen LogP contribution in [0.3, 0.4) is 0 Å². The van der Waals surface area contributed by atoms with Gasteiger partial charge in [-0.3, -0.25) is 4.79 Å². The van der Waals surface area contributed by atoms with Gasteiger partial charge in [0.2, 0.25) is 0 Å². The van der Waals surface area contributed by atoms with Crippen LogP contribution in [0.2, 0.25) is 0 Å². The fourth-order valence-electron chi connectivity index (χ4n) is 1.02. The second-order valence-electron chi connectivity index (χ2n) is 2.63. The van der Waals surface area contributed by atoms with E-state index in [1.54, 1.807) is 24.1 Å². The van der Waals surface area contributed by atoms with Gasteiger partial charge in [0.05, 0.1) is 24.5 Å². The minimum absolute atomic E-state index is 0.0699. The second kappa shape index (κ2) is 3.36. The number of carboxylic acids is 1. The maximum atomic E-state index is 10.3.